The van der Waals surface area contributed by atoms with Gasteiger partial charge in [-0.3, -0.25) is 4.79 Å². The lowest BCUT2D eigenvalue weighted by atomic mass is 9.97. The molecule has 0 saturated carbocycles. The number of carbonyl (C=O) groups is 1. The molecular formula is C11H13BrN2OS. The monoisotopic (exact) mass is 300 g/mol. The molecule has 0 aliphatic carbocycles. The third-order valence-corrected chi connectivity index (χ3v) is 3.84. The number of nitrogens with zero attached hydrogens (tertiary/aromatic N) is 1. The molecule has 1 N–H and O–H groups in total. The maximum atomic E-state index is 11.7. The highest BCUT2D eigenvalue weighted by Gasteiger charge is 2.21. The molecule has 0 fully saturated rings. The highest BCUT2D eigenvalue weighted by atomic mass is 79.9. The third-order valence-electron chi connectivity index (χ3n) is 2.15. The van der Waals surface area contributed by atoms with E-state index in [1.54, 1.807) is 11.3 Å². The first kappa shape index (κ1) is 13.2. The van der Waals surface area contributed by atoms with Gasteiger partial charge >= 0.3 is 0 Å². The number of amides is 1. The standard InChI is InChI=1S/C11H13BrN2OS/c1-7(2)10(4-13)11(15)14-5-9-3-8(12)6-16-9/h3,6-7,10H,5H2,1-2H3,(H,14,15). The average Bonchev–Trinajstić information content (AvgIpc) is 2.62. The Balaban J connectivity index is 2.50. The van der Waals surface area contributed by atoms with E-state index in [-0.39, 0.29) is 11.8 Å². The van der Waals surface area contributed by atoms with Crippen LogP contribution in [0, 0.1) is 23.2 Å². The molecule has 16 heavy (non-hydrogen) atoms. The Kier molecular flexibility index (Phi) is 4.97. The van der Waals surface area contributed by atoms with Gasteiger partial charge in [0.05, 0.1) is 12.6 Å². The number of halogens is 1. The Hall–Kier alpha value is -0.860. The zero-order valence-corrected chi connectivity index (χ0v) is 11.6. The van der Waals surface area contributed by atoms with Gasteiger partial charge in [-0.05, 0) is 27.9 Å². The van der Waals surface area contributed by atoms with Gasteiger partial charge in [0, 0.05) is 14.7 Å². The van der Waals surface area contributed by atoms with Crippen molar-refractivity contribution in [2.24, 2.45) is 11.8 Å². The van der Waals surface area contributed by atoms with Crippen LogP contribution < -0.4 is 5.32 Å². The van der Waals surface area contributed by atoms with Gasteiger partial charge < -0.3 is 5.32 Å². The molecular weight excluding hydrogens is 288 g/mol. The van der Waals surface area contributed by atoms with Crippen molar-refractivity contribution in [3.8, 4) is 6.07 Å². The van der Waals surface area contributed by atoms with Crippen molar-refractivity contribution in [2.75, 3.05) is 0 Å². The van der Waals surface area contributed by atoms with Crippen LogP contribution in [0.1, 0.15) is 18.7 Å². The molecule has 86 valence electrons. The summed E-state index contributed by atoms with van der Waals surface area (Å²) >= 11 is 4.93. The van der Waals surface area contributed by atoms with E-state index in [1.165, 1.54) is 0 Å². The number of nitriles is 1. The Labute approximate surface area is 108 Å². The maximum Gasteiger partial charge on any atom is 0.237 e. The van der Waals surface area contributed by atoms with Crippen molar-refractivity contribution in [3.63, 3.8) is 0 Å². The predicted octanol–water partition coefficient (Wildman–Crippen LogP) is 2.92. The second kappa shape index (κ2) is 6.02. The van der Waals surface area contributed by atoms with Gasteiger partial charge in [-0.15, -0.1) is 11.3 Å². The Bertz CT molecular complexity index is 408. The number of thiophene rings is 1. The van der Waals surface area contributed by atoms with Crippen LogP contribution in [0.4, 0.5) is 0 Å². The first-order valence-electron chi connectivity index (χ1n) is 4.95. The van der Waals surface area contributed by atoms with Gasteiger partial charge in [-0.1, -0.05) is 13.8 Å². The molecule has 0 aliphatic rings. The smallest absolute Gasteiger partial charge is 0.237 e. The average molecular weight is 301 g/mol. The fourth-order valence-electron chi connectivity index (χ4n) is 1.24. The zero-order valence-electron chi connectivity index (χ0n) is 9.16. The van der Waals surface area contributed by atoms with E-state index in [4.69, 9.17) is 5.26 Å². The topological polar surface area (TPSA) is 52.9 Å². The van der Waals surface area contributed by atoms with Crippen molar-refractivity contribution in [1.82, 2.24) is 5.32 Å². The molecule has 1 amide bonds. The predicted molar refractivity (Wildman–Crippen MR) is 67.8 cm³/mol. The number of nitrogens with one attached hydrogen (secondary N) is 1. The van der Waals surface area contributed by atoms with Crippen molar-refractivity contribution in [2.45, 2.75) is 20.4 Å². The molecule has 1 rings (SSSR count). The first-order chi connectivity index (χ1) is 7.54. The second-order valence-corrected chi connectivity index (χ2v) is 5.71. The van der Waals surface area contributed by atoms with Gasteiger partial charge in [0.2, 0.25) is 5.91 Å². The van der Waals surface area contributed by atoms with E-state index < -0.39 is 5.92 Å². The molecule has 0 aromatic carbocycles. The van der Waals surface area contributed by atoms with Crippen molar-refractivity contribution < 1.29 is 4.79 Å². The minimum Gasteiger partial charge on any atom is -0.350 e. The number of rotatable bonds is 4. The number of carbonyl (C=O) groups excluding carboxylic acids is 1. The fourth-order valence-corrected chi connectivity index (χ4v) is 2.63. The molecule has 3 nitrogen and oxygen atoms in total. The molecule has 0 saturated heterocycles. The molecule has 1 aromatic heterocycles. The summed E-state index contributed by atoms with van der Waals surface area (Å²) in [7, 11) is 0. The Morgan fingerprint density at radius 1 is 1.69 bits per heavy atom. The van der Waals surface area contributed by atoms with Crippen molar-refractivity contribution >= 4 is 33.2 Å². The molecule has 1 heterocycles. The lowest BCUT2D eigenvalue weighted by molar-refractivity contribution is -0.124. The van der Waals surface area contributed by atoms with Crippen LogP contribution in [-0.4, -0.2) is 5.91 Å². The second-order valence-electron chi connectivity index (χ2n) is 3.80. The number of hydrogen-bond acceptors (Lipinski definition) is 3. The lowest BCUT2D eigenvalue weighted by Gasteiger charge is -2.12. The van der Waals surface area contributed by atoms with Crippen LogP contribution >= 0.6 is 27.3 Å². The lowest BCUT2D eigenvalue weighted by Crippen LogP contribution is -2.32. The van der Waals surface area contributed by atoms with Crippen LogP contribution in [0.5, 0.6) is 0 Å². The van der Waals surface area contributed by atoms with Crippen molar-refractivity contribution in [3.05, 3.63) is 20.8 Å². The van der Waals surface area contributed by atoms with Gasteiger partial charge in [0.25, 0.3) is 0 Å². The third kappa shape index (κ3) is 3.62. The molecule has 0 spiro atoms. The molecule has 0 aliphatic heterocycles. The highest BCUT2D eigenvalue weighted by Crippen LogP contribution is 2.19. The summed E-state index contributed by atoms with van der Waals surface area (Å²) in [4.78, 5) is 12.7. The summed E-state index contributed by atoms with van der Waals surface area (Å²) in [5, 5.41) is 13.6. The Morgan fingerprint density at radius 2 is 2.38 bits per heavy atom. The largest absolute Gasteiger partial charge is 0.350 e. The van der Waals surface area contributed by atoms with Crippen LogP contribution in [0.25, 0.3) is 0 Å². The summed E-state index contributed by atoms with van der Waals surface area (Å²) in [6.45, 7) is 4.23. The van der Waals surface area contributed by atoms with E-state index in [0.29, 0.717) is 6.54 Å². The van der Waals surface area contributed by atoms with Crippen LogP contribution in [-0.2, 0) is 11.3 Å². The first-order valence-corrected chi connectivity index (χ1v) is 6.62. The van der Waals surface area contributed by atoms with Crippen molar-refractivity contribution in [1.29, 1.82) is 5.26 Å². The molecule has 0 bridgehead atoms. The molecule has 1 unspecified atom stereocenters. The molecule has 0 radical (unpaired) electrons. The maximum absolute atomic E-state index is 11.7. The van der Waals surface area contributed by atoms with E-state index in [2.05, 4.69) is 21.2 Å². The fraction of sp³-hybridized carbons (Fsp3) is 0.455. The van der Waals surface area contributed by atoms with Gasteiger partial charge in [-0.25, -0.2) is 0 Å². The SMILES string of the molecule is CC(C)C(C#N)C(=O)NCc1cc(Br)cs1. The quantitative estimate of drug-likeness (QED) is 0.929. The summed E-state index contributed by atoms with van der Waals surface area (Å²) < 4.78 is 1.02. The molecule has 1 atom stereocenters. The van der Waals surface area contributed by atoms with Gasteiger partial charge in [0.1, 0.15) is 5.92 Å². The van der Waals surface area contributed by atoms with E-state index in [1.807, 2.05) is 31.4 Å². The summed E-state index contributed by atoms with van der Waals surface area (Å²) in [6.07, 6.45) is 0. The highest BCUT2D eigenvalue weighted by molar-refractivity contribution is 9.10. The normalized spacial score (nSPS) is 12.2. The summed E-state index contributed by atoms with van der Waals surface area (Å²) in [5.74, 6) is -0.717. The van der Waals surface area contributed by atoms with Crippen LogP contribution in [0.3, 0.4) is 0 Å². The van der Waals surface area contributed by atoms with E-state index in [9.17, 15) is 4.79 Å². The molecule has 1 aromatic rings. The van der Waals surface area contributed by atoms with Gasteiger partial charge in [-0.2, -0.15) is 5.26 Å². The van der Waals surface area contributed by atoms with Crippen LogP contribution in [0.15, 0.2) is 15.9 Å². The zero-order chi connectivity index (χ0) is 12.1. The number of hydrogen-bond donors (Lipinski definition) is 1. The van der Waals surface area contributed by atoms with E-state index in [0.717, 1.165) is 9.35 Å². The van der Waals surface area contributed by atoms with Gasteiger partial charge in [0.15, 0.2) is 0 Å². The van der Waals surface area contributed by atoms with E-state index >= 15 is 0 Å². The summed E-state index contributed by atoms with van der Waals surface area (Å²) in [5.41, 5.74) is 0. The Morgan fingerprint density at radius 3 is 2.81 bits per heavy atom. The minimum absolute atomic E-state index is 0.0417. The summed E-state index contributed by atoms with van der Waals surface area (Å²) in [6, 6.07) is 3.98. The van der Waals surface area contributed by atoms with Crippen LogP contribution in [0.2, 0.25) is 0 Å². The molecule has 5 heteroatoms. The minimum atomic E-state index is -0.566.